The van der Waals surface area contributed by atoms with Crippen LogP contribution in [0, 0.1) is 0 Å². The van der Waals surface area contributed by atoms with Crippen molar-refractivity contribution < 1.29 is 0 Å². The Morgan fingerprint density at radius 1 is 1.15 bits per heavy atom. The van der Waals surface area contributed by atoms with Gasteiger partial charge in [0.1, 0.15) is 0 Å². The zero-order valence-electron chi connectivity index (χ0n) is 11.4. The highest BCUT2D eigenvalue weighted by Gasteiger charge is 2.19. The van der Waals surface area contributed by atoms with E-state index in [0.717, 1.165) is 19.1 Å². The summed E-state index contributed by atoms with van der Waals surface area (Å²) in [4.78, 5) is 0. The first-order chi connectivity index (χ1) is 9.88. The molecule has 102 valence electrons. The normalized spacial score (nSPS) is 15.0. The fourth-order valence-electron chi connectivity index (χ4n) is 2.61. The molecule has 2 aromatic heterocycles. The molecule has 0 saturated heterocycles. The topological polar surface area (TPSA) is 17.0 Å². The fourth-order valence-corrected chi connectivity index (χ4v) is 3.27. The summed E-state index contributed by atoms with van der Waals surface area (Å²) >= 11 is 1.76. The maximum absolute atomic E-state index is 3.59. The number of rotatable bonds is 5. The van der Waals surface area contributed by atoms with Crippen molar-refractivity contribution >= 4 is 22.2 Å². The number of benzene rings is 1. The van der Waals surface area contributed by atoms with Gasteiger partial charge in [0, 0.05) is 30.8 Å². The third-order valence-electron chi connectivity index (χ3n) is 3.94. The molecule has 2 heterocycles. The molecule has 3 aromatic rings. The van der Waals surface area contributed by atoms with Crippen molar-refractivity contribution in [2.45, 2.75) is 32.0 Å². The van der Waals surface area contributed by atoms with Gasteiger partial charge in [-0.05, 0) is 58.3 Å². The number of fused-ring (bicyclic) bond motifs is 1. The van der Waals surface area contributed by atoms with Gasteiger partial charge in [-0.15, -0.1) is 0 Å². The zero-order valence-corrected chi connectivity index (χ0v) is 12.2. The van der Waals surface area contributed by atoms with Crippen LogP contribution in [0.5, 0.6) is 0 Å². The third kappa shape index (κ3) is 2.51. The highest BCUT2D eigenvalue weighted by atomic mass is 32.1. The van der Waals surface area contributed by atoms with Crippen molar-refractivity contribution in [3.8, 4) is 0 Å². The number of hydrogen-bond acceptors (Lipinski definition) is 2. The summed E-state index contributed by atoms with van der Waals surface area (Å²) in [5.74, 6) is 0. The lowest BCUT2D eigenvalue weighted by Crippen LogP contribution is -2.15. The molecule has 1 aromatic carbocycles. The predicted octanol–water partition coefficient (Wildman–Crippen LogP) is 4.00. The van der Waals surface area contributed by atoms with Crippen LogP contribution in [0.3, 0.4) is 0 Å². The first-order valence-electron chi connectivity index (χ1n) is 7.21. The Balaban J connectivity index is 1.61. The molecule has 1 aliphatic rings. The van der Waals surface area contributed by atoms with Gasteiger partial charge in [0.25, 0.3) is 0 Å². The minimum absolute atomic E-state index is 0.767. The number of aromatic nitrogens is 1. The smallest absolute Gasteiger partial charge is 0.0486 e. The molecule has 1 aliphatic carbocycles. The van der Waals surface area contributed by atoms with E-state index in [4.69, 9.17) is 0 Å². The SMILES string of the molecule is c1cc(Cn2ccc3ccc(CNC4CC4)cc32)cs1. The second-order valence-corrected chi connectivity index (χ2v) is 6.40. The molecule has 1 saturated carbocycles. The fraction of sp³-hybridized carbons (Fsp3) is 0.294. The van der Waals surface area contributed by atoms with Crippen molar-refractivity contribution in [2.24, 2.45) is 0 Å². The number of nitrogens with zero attached hydrogens (tertiary/aromatic N) is 1. The lowest BCUT2D eigenvalue weighted by molar-refractivity contribution is 0.688. The first-order valence-corrected chi connectivity index (χ1v) is 8.15. The lowest BCUT2D eigenvalue weighted by atomic mass is 10.1. The van der Waals surface area contributed by atoms with Gasteiger partial charge in [-0.25, -0.2) is 0 Å². The molecule has 0 radical (unpaired) electrons. The van der Waals surface area contributed by atoms with Crippen LogP contribution in [0.1, 0.15) is 24.0 Å². The molecule has 0 aliphatic heterocycles. The molecular weight excluding hydrogens is 264 g/mol. The molecule has 0 spiro atoms. The van der Waals surface area contributed by atoms with Crippen LogP contribution in [0.4, 0.5) is 0 Å². The Hall–Kier alpha value is -1.58. The van der Waals surface area contributed by atoms with Crippen LogP contribution in [0.2, 0.25) is 0 Å². The summed E-state index contributed by atoms with van der Waals surface area (Å²) in [5.41, 5.74) is 4.11. The molecular formula is C17H18N2S. The van der Waals surface area contributed by atoms with Crippen molar-refractivity contribution in [1.29, 1.82) is 0 Å². The molecule has 0 amide bonds. The summed E-state index contributed by atoms with van der Waals surface area (Å²) in [6.07, 6.45) is 4.88. The maximum Gasteiger partial charge on any atom is 0.0486 e. The minimum atomic E-state index is 0.767. The Labute approximate surface area is 123 Å². The van der Waals surface area contributed by atoms with Gasteiger partial charge in [0.2, 0.25) is 0 Å². The van der Waals surface area contributed by atoms with E-state index in [1.165, 1.54) is 34.9 Å². The third-order valence-corrected chi connectivity index (χ3v) is 4.68. The zero-order chi connectivity index (χ0) is 13.4. The molecule has 0 atom stereocenters. The van der Waals surface area contributed by atoms with Crippen LogP contribution < -0.4 is 5.32 Å². The average Bonchev–Trinajstić information content (AvgIpc) is 3.01. The second-order valence-electron chi connectivity index (χ2n) is 5.62. The molecule has 1 N–H and O–H groups in total. The van der Waals surface area contributed by atoms with E-state index in [-0.39, 0.29) is 0 Å². The molecule has 0 bridgehead atoms. The summed E-state index contributed by atoms with van der Waals surface area (Å²) < 4.78 is 2.35. The van der Waals surface area contributed by atoms with Crippen LogP contribution in [0.15, 0.2) is 47.3 Å². The van der Waals surface area contributed by atoms with E-state index in [0.29, 0.717) is 0 Å². The van der Waals surface area contributed by atoms with Crippen molar-refractivity contribution in [2.75, 3.05) is 0 Å². The highest BCUT2D eigenvalue weighted by molar-refractivity contribution is 7.07. The summed E-state index contributed by atoms with van der Waals surface area (Å²) in [6.45, 7) is 1.96. The van der Waals surface area contributed by atoms with Crippen LogP contribution in [-0.2, 0) is 13.1 Å². The Bertz CT molecular complexity index is 708. The van der Waals surface area contributed by atoms with Gasteiger partial charge in [-0.3, -0.25) is 0 Å². The van der Waals surface area contributed by atoms with Crippen LogP contribution in [0.25, 0.3) is 10.9 Å². The quantitative estimate of drug-likeness (QED) is 0.748. The van der Waals surface area contributed by atoms with Crippen LogP contribution in [-0.4, -0.2) is 10.6 Å². The Kier molecular flexibility index (Phi) is 3.09. The van der Waals surface area contributed by atoms with Gasteiger partial charge in [-0.1, -0.05) is 12.1 Å². The van der Waals surface area contributed by atoms with E-state index < -0.39 is 0 Å². The summed E-state index contributed by atoms with van der Waals surface area (Å²) in [7, 11) is 0. The van der Waals surface area contributed by atoms with Gasteiger partial charge in [0.15, 0.2) is 0 Å². The minimum Gasteiger partial charge on any atom is -0.343 e. The highest BCUT2D eigenvalue weighted by Crippen LogP contribution is 2.22. The van der Waals surface area contributed by atoms with Gasteiger partial charge in [-0.2, -0.15) is 11.3 Å². The van der Waals surface area contributed by atoms with Crippen molar-refractivity contribution in [1.82, 2.24) is 9.88 Å². The Morgan fingerprint density at radius 3 is 2.90 bits per heavy atom. The van der Waals surface area contributed by atoms with E-state index in [2.05, 4.69) is 57.2 Å². The van der Waals surface area contributed by atoms with Gasteiger partial charge >= 0.3 is 0 Å². The summed E-state index contributed by atoms with van der Waals surface area (Å²) in [5, 5.41) is 9.29. The van der Waals surface area contributed by atoms with E-state index >= 15 is 0 Å². The summed E-state index contributed by atoms with van der Waals surface area (Å²) in [6, 6.07) is 12.0. The van der Waals surface area contributed by atoms with Gasteiger partial charge in [0.05, 0.1) is 0 Å². The number of thiophene rings is 1. The molecule has 20 heavy (non-hydrogen) atoms. The number of nitrogens with one attached hydrogen (secondary N) is 1. The van der Waals surface area contributed by atoms with E-state index in [1.807, 2.05) is 0 Å². The van der Waals surface area contributed by atoms with Crippen molar-refractivity contribution in [3.05, 3.63) is 58.4 Å². The molecule has 2 nitrogen and oxygen atoms in total. The maximum atomic E-state index is 3.59. The van der Waals surface area contributed by atoms with E-state index in [9.17, 15) is 0 Å². The monoisotopic (exact) mass is 282 g/mol. The second kappa shape index (κ2) is 5.08. The van der Waals surface area contributed by atoms with E-state index in [1.54, 1.807) is 11.3 Å². The average molecular weight is 282 g/mol. The molecule has 1 fully saturated rings. The lowest BCUT2D eigenvalue weighted by Gasteiger charge is -2.07. The van der Waals surface area contributed by atoms with Crippen LogP contribution >= 0.6 is 11.3 Å². The first kappa shape index (κ1) is 12.2. The van der Waals surface area contributed by atoms with Gasteiger partial charge < -0.3 is 9.88 Å². The molecule has 0 unspecified atom stereocenters. The largest absolute Gasteiger partial charge is 0.343 e. The standard InChI is InChI=1S/C17H18N2S/c1-2-15-5-7-19(11-14-6-8-20-12-14)17(15)9-13(1)10-18-16-3-4-16/h1-2,5-9,12,16,18H,3-4,10-11H2. The molecule has 4 rings (SSSR count). The number of hydrogen-bond donors (Lipinski definition) is 1. The van der Waals surface area contributed by atoms with Crippen molar-refractivity contribution in [3.63, 3.8) is 0 Å². The Morgan fingerprint density at radius 2 is 2.10 bits per heavy atom. The predicted molar refractivity (Wildman–Crippen MR) is 85.2 cm³/mol. The molecule has 3 heteroatoms.